The summed E-state index contributed by atoms with van der Waals surface area (Å²) in [6.45, 7) is 1.75. The third-order valence-electron chi connectivity index (χ3n) is 2.36. The number of halogens is 2. The van der Waals surface area contributed by atoms with E-state index < -0.39 is 11.6 Å². The number of rotatable bonds is 2. The zero-order chi connectivity index (χ0) is 11.7. The highest BCUT2D eigenvalue weighted by Gasteiger charge is 2.11. The number of benzene rings is 1. The molecule has 0 spiro atoms. The van der Waals surface area contributed by atoms with Gasteiger partial charge in [0.1, 0.15) is 17.5 Å². The maximum atomic E-state index is 13.6. The van der Waals surface area contributed by atoms with Crippen molar-refractivity contribution < 1.29 is 8.78 Å². The van der Waals surface area contributed by atoms with Gasteiger partial charge in [0.15, 0.2) is 0 Å². The van der Waals surface area contributed by atoms with E-state index in [1.54, 1.807) is 0 Å². The number of imidazole rings is 1. The van der Waals surface area contributed by atoms with Crippen molar-refractivity contribution in [3.8, 4) is 11.3 Å². The summed E-state index contributed by atoms with van der Waals surface area (Å²) in [5.41, 5.74) is 6.24. The van der Waals surface area contributed by atoms with Gasteiger partial charge in [-0.2, -0.15) is 0 Å². The van der Waals surface area contributed by atoms with Crippen molar-refractivity contribution in [2.75, 3.05) is 0 Å². The quantitative estimate of drug-likeness (QED) is 0.819. The van der Waals surface area contributed by atoms with Crippen LogP contribution >= 0.6 is 0 Å². The van der Waals surface area contributed by atoms with Crippen LogP contribution < -0.4 is 5.73 Å². The average Bonchev–Trinajstić information content (AvgIpc) is 2.71. The Kier molecular flexibility index (Phi) is 2.70. The van der Waals surface area contributed by atoms with Gasteiger partial charge in [0.25, 0.3) is 0 Å². The molecule has 0 saturated heterocycles. The molecule has 1 aromatic heterocycles. The lowest BCUT2D eigenvalue weighted by molar-refractivity contribution is 0.595. The predicted octanol–water partition coefficient (Wildman–Crippen LogP) is 2.12. The minimum atomic E-state index is -0.480. The Labute approximate surface area is 91.3 Å². The van der Waals surface area contributed by atoms with Gasteiger partial charge in [0.05, 0.1) is 18.4 Å². The zero-order valence-electron chi connectivity index (χ0n) is 8.72. The Bertz CT molecular complexity index is 520. The molecule has 3 N–H and O–H groups in total. The summed E-state index contributed by atoms with van der Waals surface area (Å²) in [5.74, 6) is -0.387. The number of hydrogen-bond donors (Lipinski definition) is 2. The first kappa shape index (κ1) is 10.8. The van der Waals surface area contributed by atoms with Crippen molar-refractivity contribution in [1.82, 2.24) is 9.97 Å². The molecule has 0 aliphatic heterocycles. The van der Waals surface area contributed by atoms with Gasteiger partial charge in [-0.15, -0.1) is 0 Å². The number of H-pyrrole nitrogens is 1. The van der Waals surface area contributed by atoms with Gasteiger partial charge < -0.3 is 10.7 Å². The molecule has 0 aliphatic rings. The number of nitrogens with zero attached hydrogens (tertiary/aromatic N) is 1. The summed E-state index contributed by atoms with van der Waals surface area (Å²) in [4.78, 5) is 6.76. The zero-order valence-corrected chi connectivity index (χ0v) is 8.72. The fourth-order valence-corrected chi connectivity index (χ4v) is 1.46. The van der Waals surface area contributed by atoms with Crippen molar-refractivity contribution in [1.29, 1.82) is 0 Å². The van der Waals surface area contributed by atoms with E-state index in [-0.39, 0.29) is 17.7 Å². The molecule has 0 saturated carbocycles. The molecule has 0 atom stereocenters. The summed E-state index contributed by atoms with van der Waals surface area (Å²) >= 11 is 0. The fourth-order valence-electron chi connectivity index (χ4n) is 1.46. The molecule has 84 valence electrons. The molecule has 2 aromatic rings. The Balaban J connectivity index is 2.51. The summed E-state index contributed by atoms with van der Waals surface area (Å²) in [6, 6.07) is 2.31. The highest BCUT2D eigenvalue weighted by atomic mass is 19.1. The second-order valence-electron chi connectivity index (χ2n) is 3.53. The van der Waals surface area contributed by atoms with Crippen molar-refractivity contribution in [2.24, 2.45) is 5.73 Å². The maximum absolute atomic E-state index is 13.6. The molecule has 0 aliphatic carbocycles. The monoisotopic (exact) mass is 223 g/mol. The van der Waals surface area contributed by atoms with Crippen LogP contribution in [0.15, 0.2) is 18.3 Å². The van der Waals surface area contributed by atoms with Crippen LogP contribution in [0.25, 0.3) is 11.3 Å². The summed E-state index contributed by atoms with van der Waals surface area (Å²) in [6.07, 6.45) is 1.44. The van der Waals surface area contributed by atoms with E-state index in [1.165, 1.54) is 13.1 Å². The molecule has 0 bridgehead atoms. The lowest BCUT2D eigenvalue weighted by Crippen LogP contribution is -1.98. The van der Waals surface area contributed by atoms with Crippen LogP contribution in [-0.2, 0) is 6.54 Å². The molecule has 0 radical (unpaired) electrons. The van der Waals surface area contributed by atoms with Crippen LogP contribution in [0.4, 0.5) is 8.78 Å². The Hall–Kier alpha value is -1.75. The lowest BCUT2D eigenvalue weighted by Gasteiger charge is -2.03. The van der Waals surface area contributed by atoms with Crippen molar-refractivity contribution in [3.05, 3.63) is 41.4 Å². The van der Waals surface area contributed by atoms with E-state index >= 15 is 0 Å². The predicted molar refractivity (Wildman–Crippen MR) is 56.6 cm³/mol. The second kappa shape index (κ2) is 4.02. The van der Waals surface area contributed by atoms with Gasteiger partial charge in [0.2, 0.25) is 0 Å². The van der Waals surface area contributed by atoms with E-state index in [1.807, 2.05) is 0 Å². The first-order valence-corrected chi connectivity index (χ1v) is 4.81. The molecule has 0 fully saturated rings. The molecule has 3 nitrogen and oxygen atoms in total. The first-order chi connectivity index (χ1) is 7.61. The lowest BCUT2D eigenvalue weighted by atomic mass is 10.1. The molecule has 1 aromatic carbocycles. The minimum absolute atomic E-state index is 0.162. The molecule has 0 unspecified atom stereocenters. The summed E-state index contributed by atoms with van der Waals surface area (Å²) in [7, 11) is 0. The van der Waals surface area contributed by atoms with Crippen LogP contribution in [0, 0.1) is 18.6 Å². The second-order valence-corrected chi connectivity index (χ2v) is 3.53. The number of aromatic amines is 1. The Morgan fingerprint density at radius 1 is 1.31 bits per heavy atom. The number of aromatic nitrogens is 2. The SMILES string of the molecule is Cc1cc(F)c(-c2cnc(CN)[nH]2)cc1F. The van der Waals surface area contributed by atoms with E-state index in [0.29, 0.717) is 11.5 Å². The number of hydrogen-bond acceptors (Lipinski definition) is 2. The topological polar surface area (TPSA) is 54.7 Å². The highest BCUT2D eigenvalue weighted by molar-refractivity contribution is 5.60. The van der Waals surface area contributed by atoms with Crippen LogP contribution in [0.5, 0.6) is 0 Å². The third kappa shape index (κ3) is 1.81. The maximum Gasteiger partial charge on any atom is 0.133 e. The Morgan fingerprint density at radius 2 is 2.06 bits per heavy atom. The van der Waals surface area contributed by atoms with Crippen molar-refractivity contribution in [3.63, 3.8) is 0 Å². The number of nitrogens with two attached hydrogens (primary N) is 1. The number of nitrogens with one attached hydrogen (secondary N) is 1. The summed E-state index contributed by atoms with van der Waals surface area (Å²) in [5, 5.41) is 0. The highest BCUT2D eigenvalue weighted by Crippen LogP contribution is 2.23. The summed E-state index contributed by atoms with van der Waals surface area (Å²) < 4.78 is 26.9. The van der Waals surface area contributed by atoms with Crippen molar-refractivity contribution >= 4 is 0 Å². The van der Waals surface area contributed by atoms with E-state index in [2.05, 4.69) is 9.97 Å². The van der Waals surface area contributed by atoms with Crippen LogP contribution in [0.1, 0.15) is 11.4 Å². The van der Waals surface area contributed by atoms with E-state index in [0.717, 1.165) is 12.1 Å². The van der Waals surface area contributed by atoms with Gasteiger partial charge in [-0.25, -0.2) is 13.8 Å². The van der Waals surface area contributed by atoms with Gasteiger partial charge in [0, 0.05) is 5.56 Å². The molecule has 1 heterocycles. The molecule has 5 heteroatoms. The minimum Gasteiger partial charge on any atom is -0.341 e. The normalized spacial score (nSPS) is 10.8. The molecular formula is C11H11F2N3. The third-order valence-corrected chi connectivity index (χ3v) is 2.36. The average molecular weight is 223 g/mol. The molecule has 2 rings (SSSR count). The van der Waals surface area contributed by atoms with Gasteiger partial charge in [-0.3, -0.25) is 0 Å². The van der Waals surface area contributed by atoms with Crippen LogP contribution in [-0.4, -0.2) is 9.97 Å². The van der Waals surface area contributed by atoms with Gasteiger partial charge in [-0.05, 0) is 24.6 Å². The fraction of sp³-hybridized carbons (Fsp3) is 0.182. The van der Waals surface area contributed by atoms with Crippen molar-refractivity contribution in [2.45, 2.75) is 13.5 Å². The Morgan fingerprint density at radius 3 is 2.69 bits per heavy atom. The van der Waals surface area contributed by atoms with Crippen LogP contribution in [0.3, 0.4) is 0 Å². The molecule has 16 heavy (non-hydrogen) atoms. The smallest absolute Gasteiger partial charge is 0.133 e. The standard InChI is InChI=1S/C11H11F2N3/c1-6-2-9(13)7(3-8(6)12)10-5-15-11(4-14)16-10/h2-3,5H,4,14H2,1H3,(H,15,16). The number of aryl methyl sites for hydroxylation is 1. The van der Waals surface area contributed by atoms with Gasteiger partial charge >= 0.3 is 0 Å². The molecule has 0 amide bonds. The molecular weight excluding hydrogens is 212 g/mol. The van der Waals surface area contributed by atoms with E-state index in [4.69, 9.17) is 5.73 Å². The van der Waals surface area contributed by atoms with E-state index in [9.17, 15) is 8.78 Å². The first-order valence-electron chi connectivity index (χ1n) is 4.81. The van der Waals surface area contributed by atoms with Gasteiger partial charge in [-0.1, -0.05) is 0 Å². The largest absolute Gasteiger partial charge is 0.341 e. The van der Waals surface area contributed by atoms with Crippen LogP contribution in [0.2, 0.25) is 0 Å².